The van der Waals surface area contributed by atoms with Crippen LogP contribution in [-0.2, 0) is 0 Å². The van der Waals surface area contributed by atoms with Crippen molar-refractivity contribution in [1.29, 1.82) is 0 Å². The zero-order valence-electron chi connectivity index (χ0n) is 10.6. The van der Waals surface area contributed by atoms with Crippen LogP contribution in [0.4, 0.5) is 0 Å². The molecule has 1 unspecified atom stereocenters. The van der Waals surface area contributed by atoms with Crippen molar-refractivity contribution in [2.45, 2.75) is 40.5 Å². The van der Waals surface area contributed by atoms with Crippen LogP contribution in [0.5, 0.6) is 0 Å². The molecule has 0 aromatic rings. The van der Waals surface area contributed by atoms with Gasteiger partial charge >= 0.3 is 0 Å². The van der Waals surface area contributed by atoms with Gasteiger partial charge in [-0.3, -0.25) is 0 Å². The van der Waals surface area contributed by atoms with Crippen LogP contribution in [0.3, 0.4) is 0 Å². The third-order valence-corrected chi connectivity index (χ3v) is 3.12. The van der Waals surface area contributed by atoms with E-state index in [1.807, 2.05) is 0 Å². The summed E-state index contributed by atoms with van der Waals surface area (Å²) in [6.45, 7) is 12.1. The van der Waals surface area contributed by atoms with Crippen molar-refractivity contribution in [2.24, 2.45) is 17.6 Å². The van der Waals surface area contributed by atoms with Gasteiger partial charge in [0.15, 0.2) is 0 Å². The Bertz CT molecular complexity index is 180. The Morgan fingerprint density at radius 1 is 1.33 bits per heavy atom. The summed E-state index contributed by atoms with van der Waals surface area (Å²) in [5, 5.41) is 0. The maximum absolute atomic E-state index is 5.62. The van der Waals surface area contributed by atoms with E-state index in [4.69, 9.17) is 18.0 Å². The minimum absolute atomic E-state index is 0.332. The summed E-state index contributed by atoms with van der Waals surface area (Å²) in [6, 6.07) is 0. The standard InChI is InChI=1S/C12H26N2S/c1-5-14(8-6-7-10(2)3)9-11(4)12(13)15/h10-11H,5-9H2,1-4H3,(H2,13,15). The van der Waals surface area contributed by atoms with Crippen molar-refractivity contribution in [3.05, 3.63) is 0 Å². The normalized spacial score (nSPS) is 13.5. The van der Waals surface area contributed by atoms with E-state index in [0.717, 1.165) is 19.0 Å². The second-order valence-electron chi connectivity index (χ2n) is 4.73. The first-order valence-electron chi connectivity index (χ1n) is 5.99. The van der Waals surface area contributed by atoms with E-state index < -0.39 is 0 Å². The average molecular weight is 230 g/mol. The largest absolute Gasteiger partial charge is 0.393 e. The fraction of sp³-hybridized carbons (Fsp3) is 0.917. The van der Waals surface area contributed by atoms with E-state index in [2.05, 4.69) is 32.6 Å². The van der Waals surface area contributed by atoms with Gasteiger partial charge < -0.3 is 10.6 Å². The molecule has 0 aliphatic rings. The molecule has 0 aromatic heterocycles. The molecule has 90 valence electrons. The number of hydrogen-bond donors (Lipinski definition) is 1. The lowest BCUT2D eigenvalue weighted by atomic mass is 10.1. The summed E-state index contributed by atoms with van der Waals surface area (Å²) in [5.74, 6) is 1.13. The number of nitrogens with zero attached hydrogens (tertiary/aromatic N) is 1. The lowest BCUT2D eigenvalue weighted by Gasteiger charge is -2.24. The van der Waals surface area contributed by atoms with Gasteiger partial charge in [-0.15, -0.1) is 0 Å². The molecule has 1 atom stereocenters. The lowest BCUT2D eigenvalue weighted by molar-refractivity contribution is 0.262. The molecule has 0 spiro atoms. The zero-order valence-corrected chi connectivity index (χ0v) is 11.4. The van der Waals surface area contributed by atoms with E-state index in [1.54, 1.807) is 0 Å². The number of thiocarbonyl (C=S) groups is 1. The second kappa shape index (κ2) is 8.05. The Morgan fingerprint density at radius 2 is 1.93 bits per heavy atom. The van der Waals surface area contributed by atoms with Gasteiger partial charge in [0.1, 0.15) is 0 Å². The fourth-order valence-corrected chi connectivity index (χ4v) is 1.65. The lowest BCUT2D eigenvalue weighted by Crippen LogP contribution is -2.34. The molecule has 0 heterocycles. The number of hydrogen-bond acceptors (Lipinski definition) is 2. The van der Waals surface area contributed by atoms with E-state index >= 15 is 0 Å². The molecule has 0 saturated carbocycles. The Labute approximate surface area is 100 Å². The average Bonchev–Trinajstić information content (AvgIpc) is 2.15. The minimum atomic E-state index is 0.332. The van der Waals surface area contributed by atoms with E-state index in [0.29, 0.717) is 10.9 Å². The Morgan fingerprint density at radius 3 is 2.33 bits per heavy atom. The first kappa shape index (κ1) is 14.8. The molecule has 0 rings (SSSR count). The molecule has 0 aliphatic heterocycles. The van der Waals surface area contributed by atoms with Crippen molar-refractivity contribution in [2.75, 3.05) is 19.6 Å². The maximum atomic E-state index is 5.62. The maximum Gasteiger partial charge on any atom is 0.0768 e. The van der Waals surface area contributed by atoms with Gasteiger partial charge in [-0.1, -0.05) is 39.9 Å². The van der Waals surface area contributed by atoms with Crippen molar-refractivity contribution in [3.63, 3.8) is 0 Å². The quantitative estimate of drug-likeness (QED) is 0.650. The molecule has 3 heteroatoms. The van der Waals surface area contributed by atoms with Crippen LogP contribution in [-0.4, -0.2) is 29.5 Å². The van der Waals surface area contributed by atoms with Crippen molar-refractivity contribution < 1.29 is 0 Å². The third-order valence-electron chi connectivity index (χ3n) is 2.72. The van der Waals surface area contributed by atoms with Crippen molar-refractivity contribution >= 4 is 17.2 Å². The molecule has 0 radical (unpaired) electrons. The fourth-order valence-electron chi connectivity index (χ4n) is 1.58. The highest BCUT2D eigenvalue weighted by Gasteiger charge is 2.10. The van der Waals surface area contributed by atoms with Gasteiger partial charge in [0.05, 0.1) is 4.99 Å². The van der Waals surface area contributed by atoms with Gasteiger partial charge in [0.25, 0.3) is 0 Å². The Balaban J connectivity index is 3.77. The Hall–Kier alpha value is -0.150. The molecule has 2 nitrogen and oxygen atoms in total. The summed E-state index contributed by atoms with van der Waals surface area (Å²) < 4.78 is 0. The highest BCUT2D eigenvalue weighted by Crippen LogP contribution is 2.07. The van der Waals surface area contributed by atoms with Crippen LogP contribution >= 0.6 is 12.2 Å². The van der Waals surface area contributed by atoms with Gasteiger partial charge in [0.2, 0.25) is 0 Å². The van der Waals surface area contributed by atoms with Crippen molar-refractivity contribution in [3.8, 4) is 0 Å². The number of rotatable bonds is 8. The summed E-state index contributed by atoms with van der Waals surface area (Å²) in [4.78, 5) is 3.07. The van der Waals surface area contributed by atoms with Crippen LogP contribution in [0, 0.1) is 11.8 Å². The second-order valence-corrected chi connectivity index (χ2v) is 5.20. The van der Waals surface area contributed by atoms with Gasteiger partial charge in [0, 0.05) is 12.5 Å². The monoisotopic (exact) mass is 230 g/mol. The molecule has 0 bridgehead atoms. The van der Waals surface area contributed by atoms with E-state index in [1.165, 1.54) is 19.4 Å². The summed E-state index contributed by atoms with van der Waals surface area (Å²) >= 11 is 4.99. The SMILES string of the molecule is CCN(CCCC(C)C)CC(C)C(N)=S. The van der Waals surface area contributed by atoms with Gasteiger partial charge in [-0.25, -0.2) is 0 Å². The number of nitrogens with two attached hydrogens (primary N) is 1. The molecule has 0 fully saturated rings. The molecule has 0 aliphatic carbocycles. The smallest absolute Gasteiger partial charge is 0.0768 e. The van der Waals surface area contributed by atoms with Crippen LogP contribution in [0.25, 0.3) is 0 Å². The van der Waals surface area contributed by atoms with Gasteiger partial charge in [-0.2, -0.15) is 0 Å². The van der Waals surface area contributed by atoms with Crippen LogP contribution < -0.4 is 5.73 Å². The molecule has 15 heavy (non-hydrogen) atoms. The van der Waals surface area contributed by atoms with Crippen LogP contribution in [0.2, 0.25) is 0 Å². The summed E-state index contributed by atoms with van der Waals surface area (Å²) in [5.41, 5.74) is 5.62. The van der Waals surface area contributed by atoms with Crippen LogP contribution in [0.1, 0.15) is 40.5 Å². The first-order chi connectivity index (χ1) is 6.97. The third kappa shape index (κ3) is 7.74. The highest BCUT2D eigenvalue weighted by molar-refractivity contribution is 7.80. The predicted octanol–water partition coefficient (Wildman–Crippen LogP) is 2.67. The molecule has 0 saturated heterocycles. The molecule has 0 aromatic carbocycles. The molecule has 0 amide bonds. The predicted molar refractivity (Wildman–Crippen MR) is 72.1 cm³/mol. The highest BCUT2D eigenvalue weighted by atomic mass is 32.1. The summed E-state index contributed by atoms with van der Waals surface area (Å²) in [7, 11) is 0. The minimum Gasteiger partial charge on any atom is -0.393 e. The topological polar surface area (TPSA) is 29.3 Å². The molecule has 2 N–H and O–H groups in total. The Kier molecular flexibility index (Phi) is 7.97. The molecular weight excluding hydrogens is 204 g/mol. The molecular formula is C12H26N2S. The van der Waals surface area contributed by atoms with Crippen molar-refractivity contribution in [1.82, 2.24) is 4.90 Å². The van der Waals surface area contributed by atoms with E-state index in [-0.39, 0.29) is 0 Å². The van der Waals surface area contributed by atoms with E-state index in [9.17, 15) is 0 Å². The van der Waals surface area contributed by atoms with Crippen LogP contribution in [0.15, 0.2) is 0 Å². The summed E-state index contributed by atoms with van der Waals surface area (Å²) in [6.07, 6.45) is 2.58. The first-order valence-corrected chi connectivity index (χ1v) is 6.39. The van der Waals surface area contributed by atoms with Gasteiger partial charge in [-0.05, 0) is 31.8 Å². The zero-order chi connectivity index (χ0) is 11.8.